The molecule has 1 amide bonds. The summed E-state index contributed by atoms with van der Waals surface area (Å²) in [6.45, 7) is 7.16. The Balaban J connectivity index is 1.12. The average molecular weight is 519 g/mol. The molecule has 36 heavy (non-hydrogen) atoms. The maximum atomic E-state index is 13.3. The predicted molar refractivity (Wildman–Crippen MR) is 132 cm³/mol. The maximum absolute atomic E-state index is 13.3. The van der Waals surface area contributed by atoms with E-state index >= 15 is 0 Å². The van der Waals surface area contributed by atoms with Crippen molar-refractivity contribution >= 4 is 21.7 Å². The van der Waals surface area contributed by atoms with Crippen molar-refractivity contribution in [3.63, 3.8) is 0 Å². The Morgan fingerprint density at radius 3 is 2.67 bits per heavy atom. The molecule has 3 fully saturated rings. The number of rotatable bonds is 9. The van der Waals surface area contributed by atoms with Crippen molar-refractivity contribution in [2.24, 2.45) is 0 Å². The molecule has 2 N–H and O–H groups in total. The molecule has 2 aromatic rings. The summed E-state index contributed by atoms with van der Waals surface area (Å²) in [4.78, 5) is 19.4. The molecule has 196 valence electrons. The van der Waals surface area contributed by atoms with Crippen LogP contribution < -0.4 is 10.6 Å². The van der Waals surface area contributed by atoms with Gasteiger partial charge in [-0.05, 0) is 44.7 Å². The number of amides is 1. The number of piperidine rings is 1. The summed E-state index contributed by atoms with van der Waals surface area (Å²) in [5.41, 5.74) is 0.282. The molecule has 2 aromatic heterocycles. The summed E-state index contributed by atoms with van der Waals surface area (Å²) in [5, 5.41) is 10.1. The first-order valence-electron chi connectivity index (χ1n) is 12.7. The number of morpholine rings is 1. The van der Waals surface area contributed by atoms with Crippen LogP contribution >= 0.6 is 0 Å². The zero-order chi connectivity index (χ0) is 25.1. The van der Waals surface area contributed by atoms with E-state index < -0.39 is 10.0 Å². The number of pyridine rings is 1. The predicted octanol–water partition coefficient (Wildman–Crippen LogP) is 1.66. The van der Waals surface area contributed by atoms with Gasteiger partial charge in [-0.3, -0.25) is 9.69 Å². The first-order chi connectivity index (χ1) is 17.4. The van der Waals surface area contributed by atoms with Crippen LogP contribution in [0, 0.1) is 0 Å². The van der Waals surface area contributed by atoms with E-state index in [1.54, 1.807) is 18.2 Å². The maximum Gasteiger partial charge on any atom is 0.273 e. The van der Waals surface area contributed by atoms with Crippen molar-refractivity contribution in [2.45, 2.75) is 55.5 Å². The number of hydrogen-bond acceptors (Lipinski definition) is 9. The van der Waals surface area contributed by atoms with Crippen LogP contribution in [0.5, 0.6) is 0 Å². The van der Waals surface area contributed by atoms with Crippen molar-refractivity contribution in [1.29, 1.82) is 0 Å². The normalized spacial score (nSPS) is 23.9. The number of carbonyl (C=O) groups excluding carboxylic acids is 1. The molecule has 4 heterocycles. The van der Waals surface area contributed by atoms with Crippen LogP contribution in [0.3, 0.4) is 0 Å². The molecule has 2 saturated heterocycles. The van der Waals surface area contributed by atoms with Crippen molar-refractivity contribution in [3.8, 4) is 0 Å². The van der Waals surface area contributed by atoms with Crippen molar-refractivity contribution in [1.82, 2.24) is 24.7 Å². The number of aromatic nitrogens is 2. The Hall–Kier alpha value is -2.54. The van der Waals surface area contributed by atoms with Crippen molar-refractivity contribution in [3.05, 3.63) is 35.9 Å². The highest BCUT2D eigenvalue weighted by Gasteiger charge is 2.36. The standard InChI is InChI=1S/C24H34N6O5S/c1-17-14-19(27-24(31)21-15-22(35-28-21)18-2-3-18)6-8-30(17)36(32,33)20-4-5-23(26-16-20)25-7-9-29-10-12-34-13-11-29/h4-5,15-19H,2-3,6-14H2,1H3,(H,25,26)(H,27,31)/t17-,19-/m0/s1. The minimum atomic E-state index is -3.69. The van der Waals surface area contributed by atoms with E-state index in [1.807, 2.05) is 6.92 Å². The van der Waals surface area contributed by atoms with Crippen LogP contribution in [-0.2, 0) is 14.8 Å². The van der Waals surface area contributed by atoms with Gasteiger partial charge in [-0.25, -0.2) is 13.4 Å². The van der Waals surface area contributed by atoms with E-state index in [0.29, 0.717) is 31.1 Å². The minimum absolute atomic E-state index is 0.129. The van der Waals surface area contributed by atoms with Gasteiger partial charge in [0.1, 0.15) is 16.5 Å². The average Bonchev–Trinajstić information content (AvgIpc) is 3.61. The molecule has 0 unspecified atom stereocenters. The van der Waals surface area contributed by atoms with Gasteiger partial charge >= 0.3 is 0 Å². The van der Waals surface area contributed by atoms with E-state index in [-0.39, 0.29) is 28.6 Å². The smallest absolute Gasteiger partial charge is 0.273 e. The van der Waals surface area contributed by atoms with Gasteiger partial charge in [-0.15, -0.1) is 0 Å². The highest BCUT2D eigenvalue weighted by atomic mass is 32.2. The van der Waals surface area contributed by atoms with Gasteiger partial charge in [0.2, 0.25) is 10.0 Å². The minimum Gasteiger partial charge on any atom is -0.379 e. The molecule has 0 aromatic carbocycles. The van der Waals surface area contributed by atoms with E-state index in [0.717, 1.165) is 58.0 Å². The lowest BCUT2D eigenvalue weighted by Gasteiger charge is -2.36. The first-order valence-corrected chi connectivity index (χ1v) is 14.1. The molecule has 0 bridgehead atoms. The Labute approximate surface area is 211 Å². The fourth-order valence-electron chi connectivity index (χ4n) is 4.79. The van der Waals surface area contributed by atoms with Crippen molar-refractivity contribution in [2.75, 3.05) is 51.3 Å². The van der Waals surface area contributed by atoms with E-state index in [2.05, 4.69) is 25.7 Å². The molecule has 1 aliphatic carbocycles. The third kappa shape index (κ3) is 5.88. The molecular weight excluding hydrogens is 484 g/mol. The second kappa shape index (κ2) is 10.8. The van der Waals surface area contributed by atoms with Crippen molar-refractivity contribution < 1.29 is 22.5 Å². The summed E-state index contributed by atoms with van der Waals surface area (Å²) in [6.07, 6.45) is 4.61. The summed E-state index contributed by atoms with van der Waals surface area (Å²) < 4.78 is 38.7. The third-order valence-electron chi connectivity index (χ3n) is 7.07. The molecule has 5 rings (SSSR count). The number of sulfonamides is 1. The second-order valence-electron chi connectivity index (χ2n) is 9.81. The van der Waals surface area contributed by atoms with E-state index in [9.17, 15) is 13.2 Å². The summed E-state index contributed by atoms with van der Waals surface area (Å²) in [6, 6.07) is 4.63. The molecular formula is C24H34N6O5S. The van der Waals surface area contributed by atoms with Crippen LogP contribution in [0.1, 0.15) is 54.8 Å². The topological polar surface area (TPSA) is 130 Å². The van der Waals surface area contributed by atoms with Crippen LogP contribution in [0.15, 0.2) is 33.8 Å². The monoisotopic (exact) mass is 518 g/mol. The fraction of sp³-hybridized carbons (Fsp3) is 0.625. The first kappa shape index (κ1) is 25.1. The molecule has 3 aliphatic rings. The van der Waals surface area contributed by atoms with Crippen LogP contribution in [0.2, 0.25) is 0 Å². The van der Waals surface area contributed by atoms with E-state index in [4.69, 9.17) is 9.26 Å². The largest absolute Gasteiger partial charge is 0.379 e. The zero-order valence-electron chi connectivity index (χ0n) is 20.6. The van der Waals surface area contributed by atoms with Crippen LogP contribution in [-0.4, -0.2) is 91.7 Å². The molecule has 2 aliphatic heterocycles. The van der Waals surface area contributed by atoms with Gasteiger partial charge in [0.05, 0.1) is 13.2 Å². The van der Waals surface area contributed by atoms with Gasteiger partial charge in [-0.2, -0.15) is 4.31 Å². The lowest BCUT2D eigenvalue weighted by Crippen LogP contribution is -2.50. The number of ether oxygens (including phenoxy) is 1. The molecule has 1 saturated carbocycles. The van der Waals surface area contributed by atoms with E-state index in [1.165, 1.54) is 10.5 Å². The van der Waals surface area contributed by atoms with Crippen LogP contribution in [0.4, 0.5) is 5.82 Å². The van der Waals surface area contributed by atoms with Gasteiger partial charge in [0, 0.05) is 63.0 Å². The van der Waals surface area contributed by atoms with Gasteiger partial charge < -0.3 is 19.9 Å². The Bertz CT molecular complexity index is 1140. The van der Waals surface area contributed by atoms with Crippen LogP contribution in [0.25, 0.3) is 0 Å². The number of nitrogens with zero attached hydrogens (tertiary/aromatic N) is 4. The summed E-state index contributed by atoms with van der Waals surface area (Å²) in [7, 11) is -3.69. The highest BCUT2D eigenvalue weighted by Crippen LogP contribution is 2.40. The Morgan fingerprint density at radius 1 is 1.17 bits per heavy atom. The highest BCUT2D eigenvalue weighted by molar-refractivity contribution is 7.89. The lowest BCUT2D eigenvalue weighted by molar-refractivity contribution is 0.0398. The van der Waals surface area contributed by atoms with Gasteiger partial charge in [0.25, 0.3) is 5.91 Å². The zero-order valence-corrected chi connectivity index (χ0v) is 21.4. The number of hydrogen-bond donors (Lipinski definition) is 2. The Morgan fingerprint density at radius 2 is 1.97 bits per heavy atom. The molecule has 11 nitrogen and oxygen atoms in total. The second-order valence-corrected chi connectivity index (χ2v) is 11.7. The summed E-state index contributed by atoms with van der Waals surface area (Å²) in [5.74, 6) is 1.53. The number of carbonyl (C=O) groups is 1. The fourth-order valence-corrected chi connectivity index (χ4v) is 6.40. The molecule has 2 atom stereocenters. The number of nitrogens with one attached hydrogen (secondary N) is 2. The molecule has 0 spiro atoms. The Kier molecular flexibility index (Phi) is 7.56. The van der Waals surface area contributed by atoms with Gasteiger partial charge in [0.15, 0.2) is 5.69 Å². The molecule has 0 radical (unpaired) electrons. The SMILES string of the molecule is C[C@H]1C[C@@H](NC(=O)c2cc(C3CC3)on2)CCN1S(=O)(=O)c1ccc(NCCN2CCOCC2)nc1. The summed E-state index contributed by atoms with van der Waals surface area (Å²) >= 11 is 0. The number of anilines is 1. The quantitative estimate of drug-likeness (QED) is 0.509. The molecule has 12 heteroatoms. The third-order valence-corrected chi connectivity index (χ3v) is 9.07. The van der Waals surface area contributed by atoms with Gasteiger partial charge in [-0.1, -0.05) is 5.16 Å². The lowest BCUT2D eigenvalue weighted by atomic mass is 10.0.